The lowest BCUT2D eigenvalue weighted by Crippen LogP contribution is -2.34. The molecule has 0 saturated heterocycles. The highest BCUT2D eigenvalue weighted by atomic mass is 32.1. The zero-order chi connectivity index (χ0) is 23.4. The van der Waals surface area contributed by atoms with E-state index in [9.17, 15) is 4.79 Å². The van der Waals surface area contributed by atoms with Crippen molar-refractivity contribution in [2.24, 2.45) is 0 Å². The Bertz CT molecular complexity index is 1280. The van der Waals surface area contributed by atoms with Crippen LogP contribution >= 0.6 is 12.2 Å². The average molecular weight is 460 g/mol. The minimum Gasteiger partial charge on any atom is -0.491 e. The number of fused-ring (bicyclic) bond motifs is 1. The maximum Gasteiger partial charge on any atom is 0.257 e. The lowest BCUT2D eigenvalue weighted by molar-refractivity contribution is 0.0977. The molecule has 7 heteroatoms. The van der Waals surface area contributed by atoms with E-state index in [1.54, 1.807) is 24.3 Å². The van der Waals surface area contributed by atoms with Gasteiger partial charge in [0.1, 0.15) is 11.3 Å². The Balaban J connectivity index is 1.37. The van der Waals surface area contributed by atoms with Gasteiger partial charge in [0, 0.05) is 16.8 Å². The van der Waals surface area contributed by atoms with Crippen LogP contribution in [0.15, 0.2) is 71.1 Å². The van der Waals surface area contributed by atoms with Crippen LogP contribution in [-0.4, -0.2) is 22.1 Å². The number of anilines is 1. The number of amides is 1. The molecule has 4 rings (SSSR count). The maximum atomic E-state index is 12.4. The fourth-order valence-electron chi connectivity index (χ4n) is 3.31. The summed E-state index contributed by atoms with van der Waals surface area (Å²) >= 11 is 5.29. The number of hydrogen-bond acceptors (Lipinski definition) is 5. The van der Waals surface area contributed by atoms with E-state index in [0.717, 1.165) is 28.8 Å². The van der Waals surface area contributed by atoms with Crippen LogP contribution in [0.25, 0.3) is 22.6 Å². The lowest BCUT2D eigenvalue weighted by Gasteiger charge is -2.11. The van der Waals surface area contributed by atoms with Gasteiger partial charge in [-0.15, -0.1) is 0 Å². The summed E-state index contributed by atoms with van der Waals surface area (Å²) in [6, 6.07) is 20.5. The van der Waals surface area contributed by atoms with Gasteiger partial charge in [-0.1, -0.05) is 13.0 Å². The molecule has 1 amide bonds. The SMILES string of the molecule is CCc1ccc2oc(-c3ccc(NC(=S)NC(=O)c4ccc(OC(C)C)cc4)cc3)nc2c1. The van der Waals surface area contributed by atoms with Gasteiger partial charge < -0.3 is 14.5 Å². The van der Waals surface area contributed by atoms with Gasteiger partial charge in [0.25, 0.3) is 5.91 Å². The van der Waals surface area contributed by atoms with E-state index in [1.807, 2.05) is 56.3 Å². The summed E-state index contributed by atoms with van der Waals surface area (Å²) in [5.41, 5.74) is 4.92. The van der Waals surface area contributed by atoms with Crippen molar-refractivity contribution in [2.75, 3.05) is 5.32 Å². The molecule has 0 spiro atoms. The van der Waals surface area contributed by atoms with Gasteiger partial charge in [-0.25, -0.2) is 4.98 Å². The largest absolute Gasteiger partial charge is 0.491 e. The Kier molecular flexibility index (Phi) is 6.70. The highest BCUT2D eigenvalue weighted by molar-refractivity contribution is 7.80. The minimum atomic E-state index is -0.293. The molecule has 168 valence electrons. The summed E-state index contributed by atoms with van der Waals surface area (Å²) < 4.78 is 11.5. The Morgan fingerprint density at radius 2 is 1.79 bits per heavy atom. The van der Waals surface area contributed by atoms with Gasteiger partial charge in [-0.3, -0.25) is 10.1 Å². The fraction of sp³-hybridized carbons (Fsp3) is 0.192. The van der Waals surface area contributed by atoms with Crippen LogP contribution in [0.5, 0.6) is 5.75 Å². The first-order valence-corrected chi connectivity index (χ1v) is 11.2. The third-order valence-corrected chi connectivity index (χ3v) is 5.17. The first-order chi connectivity index (χ1) is 15.9. The third kappa shape index (κ3) is 5.56. The molecule has 0 radical (unpaired) electrons. The zero-order valence-corrected chi connectivity index (χ0v) is 19.5. The number of oxazole rings is 1. The molecule has 4 aromatic rings. The fourth-order valence-corrected chi connectivity index (χ4v) is 3.52. The van der Waals surface area contributed by atoms with E-state index in [-0.39, 0.29) is 17.1 Å². The standard InChI is InChI=1S/C26H25N3O3S/c1-4-17-5-14-23-22(15-17)28-25(32-23)19-6-10-20(11-7-19)27-26(33)29-24(30)18-8-12-21(13-9-18)31-16(2)3/h5-16H,4H2,1-3H3,(H2,27,29,30,33). The summed E-state index contributed by atoms with van der Waals surface area (Å²) in [5.74, 6) is 0.982. The summed E-state index contributed by atoms with van der Waals surface area (Å²) in [6.07, 6.45) is 1.02. The van der Waals surface area contributed by atoms with Crippen molar-refractivity contribution in [1.29, 1.82) is 0 Å². The molecule has 33 heavy (non-hydrogen) atoms. The molecule has 1 heterocycles. The Morgan fingerprint density at radius 1 is 1.06 bits per heavy atom. The Morgan fingerprint density at radius 3 is 2.45 bits per heavy atom. The predicted octanol–water partition coefficient (Wildman–Crippen LogP) is 5.97. The van der Waals surface area contributed by atoms with Gasteiger partial charge in [-0.05, 0) is 98.7 Å². The Labute approximate surface area is 198 Å². The number of carbonyl (C=O) groups excluding carboxylic acids is 1. The van der Waals surface area contributed by atoms with Gasteiger partial charge in [0.15, 0.2) is 10.7 Å². The summed E-state index contributed by atoms with van der Waals surface area (Å²) in [4.78, 5) is 17.0. The number of aryl methyl sites for hydroxylation is 1. The van der Waals surface area contributed by atoms with Crippen molar-refractivity contribution in [3.05, 3.63) is 77.9 Å². The first-order valence-electron chi connectivity index (χ1n) is 10.8. The van der Waals surface area contributed by atoms with Gasteiger partial charge in [-0.2, -0.15) is 0 Å². The normalized spacial score (nSPS) is 10.9. The number of rotatable bonds is 6. The van der Waals surface area contributed by atoms with Crippen LogP contribution in [-0.2, 0) is 6.42 Å². The summed E-state index contributed by atoms with van der Waals surface area (Å²) in [5, 5.41) is 5.93. The zero-order valence-electron chi connectivity index (χ0n) is 18.7. The highest BCUT2D eigenvalue weighted by Gasteiger charge is 2.11. The van der Waals surface area contributed by atoms with Crippen LogP contribution in [0.4, 0.5) is 5.69 Å². The predicted molar refractivity (Wildman–Crippen MR) is 135 cm³/mol. The summed E-state index contributed by atoms with van der Waals surface area (Å²) in [7, 11) is 0. The smallest absolute Gasteiger partial charge is 0.257 e. The van der Waals surface area contributed by atoms with Gasteiger partial charge in [0.05, 0.1) is 6.10 Å². The molecule has 6 nitrogen and oxygen atoms in total. The molecule has 0 bridgehead atoms. The number of aromatic nitrogens is 1. The molecular weight excluding hydrogens is 434 g/mol. The van der Waals surface area contributed by atoms with Gasteiger partial charge in [0.2, 0.25) is 5.89 Å². The number of hydrogen-bond donors (Lipinski definition) is 2. The van der Waals surface area contributed by atoms with Gasteiger partial charge >= 0.3 is 0 Å². The van der Waals surface area contributed by atoms with Crippen molar-refractivity contribution in [1.82, 2.24) is 10.3 Å². The molecule has 0 atom stereocenters. The Hall–Kier alpha value is -3.71. The van der Waals surface area contributed by atoms with Crippen LogP contribution < -0.4 is 15.4 Å². The van der Waals surface area contributed by atoms with Crippen molar-refractivity contribution in [2.45, 2.75) is 33.3 Å². The molecule has 0 saturated carbocycles. The number of nitrogens with zero attached hydrogens (tertiary/aromatic N) is 1. The maximum absolute atomic E-state index is 12.4. The number of thiocarbonyl (C=S) groups is 1. The summed E-state index contributed by atoms with van der Waals surface area (Å²) in [6.45, 7) is 6.01. The number of nitrogens with one attached hydrogen (secondary N) is 2. The van der Waals surface area contributed by atoms with E-state index in [0.29, 0.717) is 17.2 Å². The molecule has 0 aliphatic heterocycles. The van der Waals surface area contributed by atoms with Crippen molar-refractivity contribution in [3.63, 3.8) is 0 Å². The molecule has 1 aromatic heterocycles. The van der Waals surface area contributed by atoms with Crippen LogP contribution in [0.3, 0.4) is 0 Å². The average Bonchev–Trinajstić information content (AvgIpc) is 3.22. The molecule has 0 aliphatic carbocycles. The van der Waals surface area contributed by atoms with E-state index < -0.39 is 0 Å². The number of ether oxygens (including phenoxy) is 1. The van der Waals surface area contributed by atoms with E-state index in [1.165, 1.54) is 5.56 Å². The second kappa shape index (κ2) is 9.83. The molecule has 0 unspecified atom stereocenters. The molecule has 3 aromatic carbocycles. The second-order valence-corrected chi connectivity index (χ2v) is 8.26. The first kappa shape index (κ1) is 22.5. The molecule has 2 N–H and O–H groups in total. The van der Waals surface area contributed by atoms with Crippen molar-refractivity contribution in [3.8, 4) is 17.2 Å². The van der Waals surface area contributed by atoms with Crippen molar-refractivity contribution >= 4 is 40.0 Å². The van der Waals surface area contributed by atoms with Crippen molar-refractivity contribution < 1.29 is 13.9 Å². The molecular formula is C26H25N3O3S. The quantitative estimate of drug-likeness (QED) is 0.346. The number of benzene rings is 3. The monoisotopic (exact) mass is 459 g/mol. The van der Waals surface area contributed by atoms with E-state index in [2.05, 4.69) is 22.5 Å². The van der Waals surface area contributed by atoms with E-state index >= 15 is 0 Å². The van der Waals surface area contributed by atoms with Crippen LogP contribution in [0.1, 0.15) is 36.7 Å². The minimum absolute atomic E-state index is 0.0735. The van der Waals surface area contributed by atoms with E-state index in [4.69, 9.17) is 21.4 Å². The van der Waals surface area contributed by atoms with Crippen LogP contribution in [0.2, 0.25) is 0 Å². The topological polar surface area (TPSA) is 76.4 Å². The lowest BCUT2D eigenvalue weighted by atomic mass is 10.1. The molecule has 0 fully saturated rings. The highest BCUT2D eigenvalue weighted by Crippen LogP contribution is 2.26. The third-order valence-electron chi connectivity index (χ3n) is 4.97. The number of carbonyl (C=O) groups is 1. The molecule has 0 aliphatic rings. The second-order valence-electron chi connectivity index (χ2n) is 7.85. The van der Waals surface area contributed by atoms with Crippen LogP contribution in [0, 0.1) is 0 Å².